The van der Waals surface area contributed by atoms with Crippen LogP contribution in [0.1, 0.15) is 24.5 Å². The van der Waals surface area contributed by atoms with Crippen molar-refractivity contribution in [1.29, 1.82) is 0 Å². The number of nitrogens with zero attached hydrogens (tertiary/aromatic N) is 1. The number of halogens is 2. The van der Waals surface area contributed by atoms with Crippen molar-refractivity contribution in [2.45, 2.75) is 18.9 Å². The predicted molar refractivity (Wildman–Crippen MR) is 104 cm³/mol. The first-order chi connectivity index (χ1) is 12.0. The van der Waals surface area contributed by atoms with Gasteiger partial charge in [0.1, 0.15) is 0 Å². The molecule has 0 N–H and O–H groups in total. The third-order valence-corrected chi connectivity index (χ3v) is 4.42. The Kier molecular flexibility index (Phi) is 6.80. The van der Waals surface area contributed by atoms with Gasteiger partial charge in [0.15, 0.2) is 5.54 Å². The third kappa shape index (κ3) is 4.50. The fourth-order valence-corrected chi connectivity index (χ4v) is 2.73. The number of rotatable bonds is 7. The molecule has 130 valence electrons. The lowest BCUT2D eigenvalue weighted by Crippen LogP contribution is -2.35. The van der Waals surface area contributed by atoms with Crippen LogP contribution >= 0.6 is 23.2 Å². The van der Waals surface area contributed by atoms with Crippen LogP contribution in [0.5, 0.6) is 0 Å². The molecule has 1 atom stereocenters. The van der Waals surface area contributed by atoms with E-state index in [0.717, 1.165) is 5.56 Å². The van der Waals surface area contributed by atoms with Gasteiger partial charge in [-0.1, -0.05) is 65.7 Å². The molecule has 2 aromatic rings. The normalized spacial score (nSPS) is 13.4. The molecule has 0 saturated heterocycles. The van der Waals surface area contributed by atoms with Crippen LogP contribution in [0.25, 0.3) is 0 Å². The summed E-state index contributed by atoms with van der Waals surface area (Å²) < 4.78 is 5.30. The van der Waals surface area contributed by atoms with Gasteiger partial charge in [0.05, 0.1) is 16.7 Å². The summed E-state index contributed by atoms with van der Waals surface area (Å²) in [5, 5.41) is 0.764. The molecular weight excluding hydrogens is 357 g/mol. The van der Waals surface area contributed by atoms with Crippen LogP contribution in [-0.4, -0.2) is 18.8 Å². The Hall–Kier alpha value is -2.10. The number of hydrogen-bond acceptors (Lipinski definition) is 3. The number of carbonyl (C=O) groups is 1. The number of aliphatic imine (C=N–C) groups is 1. The van der Waals surface area contributed by atoms with Gasteiger partial charge in [-0.05, 0) is 30.2 Å². The maximum absolute atomic E-state index is 12.8. The summed E-state index contributed by atoms with van der Waals surface area (Å²) in [5.74, 6) is -0.458. The van der Waals surface area contributed by atoms with Crippen molar-refractivity contribution in [1.82, 2.24) is 0 Å². The number of esters is 1. The van der Waals surface area contributed by atoms with Crippen molar-refractivity contribution in [2.24, 2.45) is 4.99 Å². The fraction of sp³-hybridized carbons (Fsp3) is 0.200. The van der Waals surface area contributed by atoms with Crippen molar-refractivity contribution in [3.8, 4) is 0 Å². The van der Waals surface area contributed by atoms with Crippen LogP contribution in [0.4, 0.5) is 0 Å². The number of ether oxygens (including phenoxy) is 1. The van der Waals surface area contributed by atoms with E-state index >= 15 is 0 Å². The standard InChI is InChI=1S/C20H19Cl2NO2/c1-3-12-20(19(24)25-4-2,16-10-11-17(21)18(22)13-16)23-14-15-8-6-5-7-9-15/h3,5-11,13-14H,1,4,12H2,2H3. The molecule has 1 unspecified atom stereocenters. The van der Waals surface area contributed by atoms with Gasteiger partial charge in [0, 0.05) is 12.6 Å². The van der Waals surface area contributed by atoms with Gasteiger partial charge in [-0.3, -0.25) is 4.99 Å². The van der Waals surface area contributed by atoms with Gasteiger partial charge < -0.3 is 4.74 Å². The molecular formula is C20H19Cl2NO2. The van der Waals surface area contributed by atoms with Gasteiger partial charge in [-0.15, -0.1) is 6.58 Å². The summed E-state index contributed by atoms with van der Waals surface area (Å²) in [6.07, 6.45) is 3.57. The Labute approximate surface area is 157 Å². The molecule has 0 radical (unpaired) electrons. The first kappa shape index (κ1) is 19.2. The van der Waals surface area contributed by atoms with Crippen LogP contribution in [-0.2, 0) is 15.1 Å². The molecule has 2 aromatic carbocycles. The van der Waals surface area contributed by atoms with Crippen molar-refractivity contribution >= 4 is 35.4 Å². The van der Waals surface area contributed by atoms with Gasteiger partial charge in [-0.25, -0.2) is 4.79 Å². The van der Waals surface area contributed by atoms with Crippen molar-refractivity contribution in [3.63, 3.8) is 0 Å². The number of hydrogen-bond donors (Lipinski definition) is 0. The molecule has 0 bridgehead atoms. The molecule has 0 spiro atoms. The lowest BCUT2D eigenvalue weighted by Gasteiger charge is -2.27. The van der Waals surface area contributed by atoms with E-state index in [2.05, 4.69) is 11.6 Å². The second-order valence-electron chi connectivity index (χ2n) is 5.37. The van der Waals surface area contributed by atoms with Gasteiger partial charge in [0.25, 0.3) is 0 Å². The average molecular weight is 376 g/mol. The highest BCUT2D eigenvalue weighted by atomic mass is 35.5. The third-order valence-electron chi connectivity index (χ3n) is 3.68. The molecule has 3 nitrogen and oxygen atoms in total. The van der Waals surface area contributed by atoms with Gasteiger partial charge in [0.2, 0.25) is 0 Å². The zero-order valence-electron chi connectivity index (χ0n) is 13.9. The molecule has 0 aromatic heterocycles. The molecule has 25 heavy (non-hydrogen) atoms. The Balaban J connectivity index is 2.58. The van der Waals surface area contributed by atoms with E-state index in [1.165, 1.54) is 0 Å². The Morgan fingerprint density at radius 3 is 2.52 bits per heavy atom. The zero-order chi connectivity index (χ0) is 18.3. The van der Waals surface area contributed by atoms with Gasteiger partial charge >= 0.3 is 5.97 Å². The van der Waals surface area contributed by atoms with E-state index in [4.69, 9.17) is 27.9 Å². The summed E-state index contributed by atoms with van der Waals surface area (Å²) in [5.41, 5.74) is 0.217. The topological polar surface area (TPSA) is 38.7 Å². The quantitative estimate of drug-likeness (QED) is 0.366. The minimum Gasteiger partial charge on any atom is -0.464 e. The highest BCUT2D eigenvalue weighted by Gasteiger charge is 2.40. The monoisotopic (exact) mass is 375 g/mol. The van der Waals surface area contributed by atoms with Crippen LogP contribution < -0.4 is 0 Å². The maximum atomic E-state index is 12.8. The molecule has 0 aliphatic rings. The SMILES string of the molecule is C=CCC(N=Cc1ccccc1)(C(=O)OCC)c1ccc(Cl)c(Cl)c1. The highest BCUT2D eigenvalue weighted by Crippen LogP contribution is 2.35. The lowest BCUT2D eigenvalue weighted by molar-refractivity contribution is -0.149. The van der Waals surface area contributed by atoms with Crippen LogP contribution in [0, 0.1) is 0 Å². The Morgan fingerprint density at radius 1 is 1.20 bits per heavy atom. The maximum Gasteiger partial charge on any atom is 0.338 e. The summed E-state index contributed by atoms with van der Waals surface area (Å²) in [7, 11) is 0. The average Bonchev–Trinajstić information content (AvgIpc) is 2.62. The molecule has 0 aliphatic heterocycles. The molecule has 0 amide bonds. The van der Waals surface area contributed by atoms with E-state index in [1.807, 2.05) is 30.3 Å². The minimum atomic E-state index is -1.26. The van der Waals surface area contributed by atoms with E-state index < -0.39 is 11.5 Å². The first-order valence-corrected chi connectivity index (χ1v) is 8.63. The number of carbonyl (C=O) groups excluding carboxylic acids is 1. The molecule has 2 rings (SSSR count). The Bertz CT molecular complexity index is 775. The summed E-state index contributed by atoms with van der Waals surface area (Å²) in [4.78, 5) is 17.4. The second kappa shape index (κ2) is 8.84. The van der Waals surface area contributed by atoms with Crippen LogP contribution in [0.15, 0.2) is 66.2 Å². The predicted octanol–water partition coefficient (Wildman–Crippen LogP) is 5.45. The van der Waals surface area contributed by atoms with E-state index in [0.29, 0.717) is 15.6 Å². The summed E-state index contributed by atoms with van der Waals surface area (Å²) in [6, 6.07) is 14.6. The van der Waals surface area contributed by atoms with Crippen molar-refractivity contribution in [3.05, 3.63) is 82.4 Å². The fourth-order valence-electron chi connectivity index (χ4n) is 2.44. The second-order valence-corrected chi connectivity index (χ2v) is 6.19. The molecule has 0 heterocycles. The molecule has 5 heteroatoms. The Morgan fingerprint density at radius 2 is 1.92 bits per heavy atom. The van der Waals surface area contributed by atoms with E-state index in [9.17, 15) is 4.79 Å². The summed E-state index contributed by atoms with van der Waals surface area (Å²) in [6.45, 7) is 5.77. The molecule has 0 aliphatic carbocycles. The molecule has 0 fully saturated rings. The van der Waals surface area contributed by atoms with E-state index in [-0.39, 0.29) is 13.0 Å². The van der Waals surface area contributed by atoms with Crippen molar-refractivity contribution in [2.75, 3.05) is 6.61 Å². The zero-order valence-corrected chi connectivity index (χ0v) is 15.4. The number of benzene rings is 2. The van der Waals surface area contributed by atoms with E-state index in [1.54, 1.807) is 37.4 Å². The first-order valence-electron chi connectivity index (χ1n) is 7.87. The van der Waals surface area contributed by atoms with Crippen LogP contribution in [0.2, 0.25) is 10.0 Å². The highest BCUT2D eigenvalue weighted by molar-refractivity contribution is 6.42. The smallest absolute Gasteiger partial charge is 0.338 e. The largest absolute Gasteiger partial charge is 0.464 e. The van der Waals surface area contributed by atoms with Gasteiger partial charge in [-0.2, -0.15) is 0 Å². The summed E-state index contributed by atoms with van der Waals surface area (Å²) >= 11 is 12.2. The lowest BCUT2D eigenvalue weighted by atomic mass is 9.87. The van der Waals surface area contributed by atoms with Crippen molar-refractivity contribution < 1.29 is 9.53 Å². The van der Waals surface area contributed by atoms with Crippen LogP contribution in [0.3, 0.4) is 0 Å². The molecule has 0 saturated carbocycles. The minimum absolute atomic E-state index is 0.250.